The van der Waals surface area contributed by atoms with Crippen LogP contribution in [0.1, 0.15) is 44.9 Å². The van der Waals surface area contributed by atoms with Crippen molar-refractivity contribution in [3.63, 3.8) is 0 Å². The van der Waals surface area contributed by atoms with Gasteiger partial charge in [-0.15, -0.1) is 24.8 Å². The zero-order chi connectivity index (χ0) is 15.4. The van der Waals surface area contributed by atoms with Crippen LogP contribution in [-0.4, -0.2) is 28.5 Å². The molecule has 2 heterocycles. The molecular formula is C17H26Cl2N4O. The first-order valence-electron chi connectivity index (χ1n) is 8.26. The first-order chi connectivity index (χ1) is 10.7. The Hall–Kier alpha value is -1.30. The molecule has 0 spiro atoms. The summed E-state index contributed by atoms with van der Waals surface area (Å²) >= 11 is 0. The van der Waals surface area contributed by atoms with Gasteiger partial charge in [0.15, 0.2) is 0 Å². The van der Waals surface area contributed by atoms with E-state index >= 15 is 0 Å². The molecule has 3 N–H and O–H groups in total. The highest BCUT2D eigenvalue weighted by atomic mass is 35.5. The van der Waals surface area contributed by atoms with Crippen molar-refractivity contribution in [1.82, 2.24) is 15.3 Å². The topological polar surface area (TPSA) is 69.8 Å². The van der Waals surface area contributed by atoms with Gasteiger partial charge in [0.2, 0.25) is 5.91 Å². The summed E-state index contributed by atoms with van der Waals surface area (Å²) in [4.78, 5) is 20.0. The van der Waals surface area contributed by atoms with Crippen LogP contribution in [0.15, 0.2) is 18.2 Å². The molecule has 24 heavy (non-hydrogen) atoms. The molecule has 1 aromatic carbocycles. The summed E-state index contributed by atoms with van der Waals surface area (Å²) in [5.74, 6) is 1.10. The number of H-pyrrole nitrogens is 1. The molecule has 1 aromatic heterocycles. The van der Waals surface area contributed by atoms with Gasteiger partial charge < -0.3 is 15.6 Å². The molecule has 1 aliphatic heterocycles. The molecule has 1 fully saturated rings. The number of unbranched alkanes of at least 4 members (excludes halogenated alkanes) is 1. The maximum Gasteiger partial charge on any atom is 0.225 e. The van der Waals surface area contributed by atoms with Gasteiger partial charge in [0, 0.05) is 24.6 Å². The number of nitrogens with zero attached hydrogens (tertiary/aromatic N) is 1. The monoisotopic (exact) mass is 372 g/mol. The predicted octanol–water partition coefficient (Wildman–Crippen LogP) is 3.83. The van der Waals surface area contributed by atoms with Crippen molar-refractivity contribution in [1.29, 1.82) is 0 Å². The molecule has 1 unspecified atom stereocenters. The molecule has 1 atom stereocenters. The first kappa shape index (κ1) is 20.7. The number of hydrogen-bond donors (Lipinski definition) is 3. The number of anilines is 1. The van der Waals surface area contributed by atoms with Crippen LogP contribution in [0, 0.1) is 0 Å². The Bertz CT molecular complexity index is 653. The molecule has 1 aliphatic rings. The molecule has 2 aromatic rings. The van der Waals surface area contributed by atoms with Crippen LogP contribution in [0.25, 0.3) is 11.0 Å². The second kappa shape index (κ2) is 9.87. The Morgan fingerprint density at radius 2 is 2.21 bits per heavy atom. The van der Waals surface area contributed by atoms with Gasteiger partial charge in [-0.3, -0.25) is 4.79 Å². The number of aryl methyl sites for hydroxylation is 1. The molecule has 0 bridgehead atoms. The van der Waals surface area contributed by atoms with E-state index in [0.717, 1.165) is 54.8 Å². The Morgan fingerprint density at radius 3 is 2.92 bits per heavy atom. The van der Waals surface area contributed by atoms with Gasteiger partial charge in [-0.25, -0.2) is 4.98 Å². The number of fused-ring (bicyclic) bond motifs is 1. The SMILES string of the molecule is CCCCc1nc2ccc(NC(=O)CC3CCCN3)cc2[nH]1.Cl.Cl. The van der Waals surface area contributed by atoms with Gasteiger partial charge in [0.1, 0.15) is 5.82 Å². The lowest BCUT2D eigenvalue weighted by atomic mass is 10.1. The van der Waals surface area contributed by atoms with Crippen molar-refractivity contribution >= 4 is 47.4 Å². The summed E-state index contributed by atoms with van der Waals surface area (Å²) in [5, 5.41) is 6.34. The highest BCUT2D eigenvalue weighted by molar-refractivity contribution is 5.93. The molecule has 1 amide bonds. The first-order valence-corrected chi connectivity index (χ1v) is 8.26. The lowest BCUT2D eigenvalue weighted by Crippen LogP contribution is -2.27. The number of amides is 1. The van der Waals surface area contributed by atoms with Crippen molar-refractivity contribution < 1.29 is 4.79 Å². The average Bonchev–Trinajstić information content (AvgIpc) is 3.13. The standard InChI is InChI=1S/C17H24N4O.2ClH/c1-2-3-6-16-20-14-8-7-13(10-15(14)21-16)19-17(22)11-12-5-4-9-18-12;;/h7-8,10,12,18H,2-6,9,11H2,1H3,(H,19,22)(H,20,21);2*1H. The van der Waals surface area contributed by atoms with Crippen molar-refractivity contribution in [3.8, 4) is 0 Å². The molecule has 134 valence electrons. The third kappa shape index (κ3) is 5.36. The number of carbonyl (C=O) groups excluding carboxylic acids is 1. The van der Waals surface area contributed by atoms with Gasteiger partial charge in [-0.2, -0.15) is 0 Å². The molecule has 3 rings (SSSR count). The third-order valence-corrected chi connectivity index (χ3v) is 4.18. The second-order valence-electron chi connectivity index (χ2n) is 6.06. The Kier molecular flexibility index (Phi) is 8.53. The highest BCUT2D eigenvalue weighted by Gasteiger charge is 2.17. The predicted molar refractivity (Wildman–Crippen MR) is 103 cm³/mol. The fourth-order valence-electron chi connectivity index (χ4n) is 2.97. The minimum absolute atomic E-state index is 0. The maximum absolute atomic E-state index is 12.1. The summed E-state index contributed by atoms with van der Waals surface area (Å²) in [6.45, 7) is 3.20. The molecule has 5 nitrogen and oxygen atoms in total. The van der Waals surface area contributed by atoms with Crippen LogP contribution < -0.4 is 10.6 Å². The Morgan fingerprint density at radius 1 is 1.38 bits per heavy atom. The van der Waals surface area contributed by atoms with E-state index in [1.165, 1.54) is 6.42 Å². The second-order valence-corrected chi connectivity index (χ2v) is 6.06. The smallest absolute Gasteiger partial charge is 0.225 e. The van der Waals surface area contributed by atoms with Gasteiger partial charge in [0.25, 0.3) is 0 Å². The van der Waals surface area contributed by atoms with E-state index in [2.05, 4.69) is 27.5 Å². The highest BCUT2D eigenvalue weighted by Crippen LogP contribution is 2.19. The van der Waals surface area contributed by atoms with E-state index in [-0.39, 0.29) is 30.7 Å². The summed E-state index contributed by atoms with van der Waals surface area (Å²) in [6.07, 6.45) is 6.07. The zero-order valence-corrected chi connectivity index (χ0v) is 15.6. The maximum atomic E-state index is 12.1. The van der Waals surface area contributed by atoms with Crippen LogP contribution in [-0.2, 0) is 11.2 Å². The number of imidazole rings is 1. The van der Waals surface area contributed by atoms with E-state index in [1.807, 2.05) is 18.2 Å². The molecule has 0 aliphatic carbocycles. The van der Waals surface area contributed by atoms with E-state index in [0.29, 0.717) is 12.5 Å². The van der Waals surface area contributed by atoms with Crippen LogP contribution in [0.3, 0.4) is 0 Å². The largest absolute Gasteiger partial charge is 0.342 e. The molecule has 7 heteroatoms. The number of aromatic nitrogens is 2. The number of halogens is 2. The lowest BCUT2D eigenvalue weighted by Gasteiger charge is -2.10. The van der Waals surface area contributed by atoms with Gasteiger partial charge >= 0.3 is 0 Å². The van der Waals surface area contributed by atoms with Gasteiger partial charge in [-0.1, -0.05) is 13.3 Å². The van der Waals surface area contributed by atoms with Crippen molar-refractivity contribution in [3.05, 3.63) is 24.0 Å². The van der Waals surface area contributed by atoms with E-state index < -0.39 is 0 Å². The van der Waals surface area contributed by atoms with E-state index in [9.17, 15) is 4.79 Å². The third-order valence-electron chi connectivity index (χ3n) is 4.18. The Balaban J connectivity index is 0.00000144. The van der Waals surface area contributed by atoms with Crippen LogP contribution >= 0.6 is 24.8 Å². The summed E-state index contributed by atoms with van der Waals surface area (Å²) < 4.78 is 0. The number of benzene rings is 1. The van der Waals surface area contributed by atoms with Crippen molar-refractivity contribution in [2.75, 3.05) is 11.9 Å². The Labute approximate surface area is 155 Å². The van der Waals surface area contributed by atoms with Crippen LogP contribution in [0.2, 0.25) is 0 Å². The lowest BCUT2D eigenvalue weighted by molar-refractivity contribution is -0.116. The van der Waals surface area contributed by atoms with Crippen molar-refractivity contribution in [2.45, 2.75) is 51.5 Å². The molecular weight excluding hydrogens is 347 g/mol. The number of aromatic amines is 1. The molecule has 0 radical (unpaired) electrons. The number of hydrogen-bond acceptors (Lipinski definition) is 3. The fourth-order valence-corrected chi connectivity index (χ4v) is 2.97. The summed E-state index contributed by atoms with van der Waals surface area (Å²) in [6, 6.07) is 6.19. The van der Waals surface area contributed by atoms with E-state index in [1.54, 1.807) is 0 Å². The van der Waals surface area contributed by atoms with Crippen LogP contribution in [0.4, 0.5) is 5.69 Å². The minimum Gasteiger partial charge on any atom is -0.342 e. The molecule has 0 saturated carbocycles. The number of rotatable bonds is 6. The minimum atomic E-state index is 0. The number of nitrogens with one attached hydrogen (secondary N) is 3. The molecule has 1 saturated heterocycles. The van der Waals surface area contributed by atoms with E-state index in [4.69, 9.17) is 0 Å². The van der Waals surface area contributed by atoms with Crippen molar-refractivity contribution in [2.24, 2.45) is 0 Å². The normalized spacial score (nSPS) is 16.5. The van der Waals surface area contributed by atoms with Crippen LogP contribution in [0.5, 0.6) is 0 Å². The summed E-state index contributed by atoms with van der Waals surface area (Å²) in [7, 11) is 0. The summed E-state index contributed by atoms with van der Waals surface area (Å²) in [5.41, 5.74) is 2.78. The van der Waals surface area contributed by atoms with Gasteiger partial charge in [-0.05, 0) is 44.0 Å². The fraction of sp³-hybridized carbons (Fsp3) is 0.529. The average molecular weight is 373 g/mol. The number of carbonyl (C=O) groups is 1. The zero-order valence-electron chi connectivity index (χ0n) is 13.9. The quantitative estimate of drug-likeness (QED) is 0.721. The van der Waals surface area contributed by atoms with Gasteiger partial charge in [0.05, 0.1) is 11.0 Å².